The number of aromatic nitrogens is 1. The van der Waals surface area contributed by atoms with Gasteiger partial charge >= 0.3 is 0 Å². The molecular weight excluding hydrogens is 296 g/mol. The molecule has 1 aromatic rings. The van der Waals surface area contributed by atoms with Gasteiger partial charge in [0.2, 0.25) is 10.0 Å². The van der Waals surface area contributed by atoms with Gasteiger partial charge in [-0.3, -0.25) is 4.90 Å². The van der Waals surface area contributed by atoms with E-state index in [1.807, 2.05) is 19.2 Å². The third-order valence-corrected chi connectivity index (χ3v) is 5.90. The van der Waals surface area contributed by atoms with Crippen molar-refractivity contribution in [3.63, 3.8) is 0 Å². The number of sulfonamides is 1. The van der Waals surface area contributed by atoms with Crippen molar-refractivity contribution in [3.05, 3.63) is 16.6 Å². The Hall–Kier alpha value is -0.540. The SMILES string of the molecule is CC(C)(NS(=O)(=O)CCN1CCNCC1)c1nccs1. The Bertz CT molecular complexity index is 508. The van der Waals surface area contributed by atoms with Crippen molar-refractivity contribution in [2.75, 3.05) is 38.5 Å². The highest BCUT2D eigenvalue weighted by atomic mass is 32.2. The summed E-state index contributed by atoms with van der Waals surface area (Å²) in [4.78, 5) is 6.37. The van der Waals surface area contributed by atoms with Gasteiger partial charge in [-0.2, -0.15) is 0 Å². The zero-order chi connectivity index (χ0) is 14.6. The zero-order valence-electron chi connectivity index (χ0n) is 11.9. The van der Waals surface area contributed by atoms with Crippen LogP contribution in [0.3, 0.4) is 0 Å². The molecule has 0 unspecified atom stereocenters. The quantitative estimate of drug-likeness (QED) is 0.784. The fourth-order valence-electron chi connectivity index (χ4n) is 2.20. The molecule has 114 valence electrons. The number of nitrogens with one attached hydrogen (secondary N) is 2. The van der Waals surface area contributed by atoms with Crippen LogP contribution in [0.4, 0.5) is 0 Å². The second-order valence-electron chi connectivity index (χ2n) is 5.47. The molecule has 0 spiro atoms. The van der Waals surface area contributed by atoms with E-state index in [4.69, 9.17) is 0 Å². The summed E-state index contributed by atoms with van der Waals surface area (Å²) in [6.07, 6.45) is 1.69. The van der Waals surface area contributed by atoms with Crippen molar-refractivity contribution >= 4 is 21.4 Å². The second kappa shape index (κ2) is 6.48. The van der Waals surface area contributed by atoms with Gasteiger partial charge < -0.3 is 5.32 Å². The van der Waals surface area contributed by atoms with Crippen LogP contribution in [0.25, 0.3) is 0 Å². The van der Waals surface area contributed by atoms with Gasteiger partial charge in [-0.15, -0.1) is 11.3 Å². The summed E-state index contributed by atoms with van der Waals surface area (Å²) in [6, 6.07) is 0. The van der Waals surface area contributed by atoms with E-state index in [1.165, 1.54) is 11.3 Å². The van der Waals surface area contributed by atoms with Crippen LogP contribution in [0.2, 0.25) is 0 Å². The number of hydrogen-bond acceptors (Lipinski definition) is 6. The first-order valence-electron chi connectivity index (χ1n) is 6.74. The molecule has 1 fully saturated rings. The predicted octanol–water partition coefficient (Wildman–Crippen LogP) is 0.203. The van der Waals surface area contributed by atoms with Gasteiger partial charge in [0.15, 0.2) is 0 Å². The lowest BCUT2D eigenvalue weighted by molar-refractivity contribution is 0.253. The molecule has 0 atom stereocenters. The van der Waals surface area contributed by atoms with Crippen LogP contribution in [0.1, 0.15) is 18.9 Å². The lowest BCUT2D eigenvalue weighted by Crippen LogP contribution is -2.47. The molecule has 8 heteroatoms. The van der Waals surface area contributed by atoms with E-state index in [0.717, 1.165) is 31.2 Å². The fourth-order valence-corrected chi connectivity index (χ4v) is 4.46. The van der Waals surface area contributed by atoms with Gasteiger partial charge in [-0.05, 0) is 13.8 Å². The summed E-state index contributed by atoms with van der Waals surface area (Å²) in [7, 11) is -3.31. The van der Waals surface area contributed by atoms with Crippen molar-refractivity contribution in [1.82, 2.24) is 19.9 Å². The minimum atomic E-state index is -3.31. The minimum absolute atomic E-state index is 0.127. The van der Waals surface area contributed by atoms with Crippen LogP contribution in [-0.4, -0.2) is 56.8 Å². The van der Waals surface area contributed by atoms with Gasteiger partial charge in [0, 0.05) is 44.3 Å². The fraction of sp³-hybridized carbons (Fsp3) is 0.750. The van der Waals surface area contributed by atoms with Crippen molar-refractivity contribution in [3.8, 4) is 0 Å². The second-order valence-corrected chi connectivity index (χ2v) is 8.21. The Morgan fingerprint density at radius 3 is 2.75 bits per heavy atom. The monoisotopic (exact) mass is 318 g/mol. The number of thiazole rings is 1. The Kier molecular flexibility index (Phi) is 5.14. The molecule has 2 rings (SSSR count). The van der Waals surface area contributed by atoms with E-state index >= 15 is 0 Å². The standard InChI is InChI=1S/C12H22N4O2S2/c1-12(2,11-14-5-9-19-11)15-20(17,18)10-8-16-6-3-13-4-7-16/h5,9,13,15H,3-4,6-8,10H2,1-2H3. The predicted molar refractivity (Wildman–Crippen MR) is 81.4 cm³/mol. The molecule has 1 aliphatic rings. The maximum Gasteiger partial charge on any atom is 0.213 e. The zero-order valence-corrected chi connectivity index (χ0v) is 13.6. The number of rotatable bonds is 6. The molecule has 0 bridgehead atoms. The summed E-state index contributed by atoms with van der Waals surface area (Å²) in [6.45, 7) is 7.93. The number of hydrogen-bond donors (Lipinski definition) is 2. The first kappa shape index (κ1) is 15.8. The average Bonchev–Trinajstić information content (AvgIpc) is 2.91. The molecule has 1 saturated heterocycles. The van der Waals surface area contributed by atoms with Crippen molar-refractivity contribution in [2.45, 2.75) is 19.4 Å². The van der Waals surface area contributed by atoms with Crippen LogP contribution in [-0.2, 0) is 15.6 Å². The molecule has 0 aromatic carbocycles. The Labute approximate surface area is 124 Å². The topological polar surface area (TPSA) is 74.3 Å². The molecule has 0 aliphatic carbocycles. The average molecular weight is 318 g/mol. The maximum atomic E-state index is 12.2. The van der Waals surface area contributed by atoms with Gasteiger partial charge in [0.25, 0.3) is 0 Å². The normalized spacial score (nSPS) is 18.3. The molecule has 0 saturated carbocycles. The molecule has 2 heterocycles. The molecule has 2 N–H and O–H groups in total. The van der Waals surface area contributed by atoms with Gasteiger partial charge in [0.05, 0.1) is 11.3 Å². The molecule has 1 aromatic heterocycles. The lowest BCUT2D eigenvalue weighted by atomic mass is 10.1. The summed E-state index contributed by atoms with van der Waals surface area (Å²) in [5.74, 6) is 0.127. The first-order chi connectivity index (χ1) is 9.39. The van der Waals surface area contributed by atoms with Crippen LogP contribution < -0.4 is 10.0 Å². The van der Waals surface area contributed by atoms with E-state index in [-0.39, 0.29) is 5.75 Å². The van der Waals surface area contributed by atoms with Crippen LogP contribution >= 0.6 is 11.3 Å². The van der Waals surface area contributed by atoms with E-state index in [1.54, 1.807) is 6.20 Å². The van der Waals surface area contributed by atoms with Gasteiger partial charge in [-0.25, -0.2) is 18.1 Å². The van der Waals surface area contributed by atoms with Gasteiger partial charge in [-0.1, -0.05) is 0 Å². The highest BCUT2D eigenvalue weighted by molar-refractivity contribution is 7.89. The van der Waals surface area contributed by atoms with Crippen molar-refractivity contribution in [1.29, 1.82) is 0 Å². The van der Waals surface area contributed by atoms with E-state index in [2.05, 4.69) is 19.9 Å². The summed E-state index contributed by atoms with van der Waals surface area (Å²) >= 11 is 1.46. The highest BCUT2D eigenvalue weighted by Gasteiger charge is 2.29. The Morgan fingerprint density at radius 1 is 1.45 bits per heavy atom. The van der Waals surface area contributed by atoms with Crippen LogP contribution in [0, 0.1) is 0 Å². The largest absolute Gasteiger partial charge is 0.314 e. The Balaban J connectivity index is 1.90. The smallest absolute Gasteiger partial charge is 0.213 e. The summed E-state index contributed by atoms with van der Waals surface area (Å²) < 4.78 is 27.2. The van der Waals surface area contributed by atoms with Crippen molar-refractivity contribution < 1.29 is 8.42 Å². The van der Waals surface area contributed by atoms with Crippen LogP contribution in [0.5, 0.6) is 0 Å². The third kappa shape index (κ3) is 4.49. The maximum absolute atomic E-state index is 12.2. The highest BCUT2D eigenvalue weighted by Crippen LogP contribution is 2.22. The molecule has 20 heavy (non-hydrogen) atoms. The lowest BCUT2D eigenvalue weighted by Gasteiger charge is -2.28. The first-order valence-corrected chi connectivity index (χ1v) is 9.27. The number of nitrogens with zero attached hydrogens (tertiary/aromatic N) is 2. The van der Waals surface area contributed by atoms with Crippen LogP contribution in [0.15, 0.2) is 11.6 Å². The summed E-state index contributed by atoms with van der Waals surface area (Å²) in [5, 5.41) is 5.89. The minimum Gasteiger partial charge on any atom is -0.314 e. The third-order valence-electron chi connectivity index (χ3n) is 3.26. The molecule has 1 aliphatic heterocycles. The molecule has 0 amide bonds. The van der Waals surface area contributed by atoms with Crippen molar-refractivity contribution in [2.24, 2.45) is 0 Å². The van der Waals surface area contributed by atoms with Gasteiger partial charge in [0.1, 0.15) is 5.01 Å². The summed E-state index contributed by atoms with van der Waals surface area (Å²) in [5.41, 5.74) is -0.656. The van der Waals surface area contributed by atoms with E-state index in [0.29, 0.717) is 6.54 Å². The van der Waals surface area contributed by atoms with E-state index in [9.17, 15) is 8.42 Å². The van der Waals surface area contributed by atoms with E-state index < -0.39 is 15.6 Å². The molecule has 0 radical (unpaired) electrons. The molecule has 6 nitrogen and oxygen atoms in total. The number of piperazine rings is 1. The molecular formula is C12H22N4O2S2. The Morgan fingerprint density at radius 2 is 2.15 bits per heavy atom.